The summed E-state index contributed by atoms with van der Waals surface area (Å²) < 4.78 is 4.97. The fourth-order valence-corrected chi connectivity index (χ4v) is 4.04. The molecule has 0 saturated heterocycles. The molecular formula is C26H29N3O3S. The number of carbonyl (C=O) groups excluding carboxylic acids is 2. The smallest absolute Gasteiger partial charge is 0.328 e. The Balaban J connectivity index is 1.92. The minimum atomic E-state index is -0.634. The molecule has 6 nitrogen and oxygen atoms in total. The largest absolute Gasteiger partial charge is 0.467 e. The molecule has 0 aliphatic heterocycles. The second-order valence-corrected chi connectivity index (χ2v) is 8.56. The first-order valence-electron chi connectivity index (χ1n) is 10.7. The highest BCUT2D eigenvalue weighted by atomic mass is 32.2. The summed E-state index contributed by atoms with van der Waals surface area (Å²) in [5.41, 5.74) is 4.27. The first-order chi connectivity index (χ1) is 16.0. The number of rotatable bonds is 10. The number of pyridine rings is 1. The topological polar surface area (TPSA) is 71.5 Å². The van der Waals surface area contributed by atoms with Crippen LogP contribution in [0.1, 0.15) is 22.3 Å². The molecule has 2 aromatic carbocycles. The summed E-state index contributed by atoms with van der Waals surface area (Å²) >= 11 is 1.63. The Morgan fingerprint density at radius 1 is 1.12 bits per heavy atom. The highest BCUT2D eigenvalue weighted by Gasteiger charge is 2.29. The van der Waals surface area contributed by atoms with Gasteiger partial charge in [-0.15, -0.1) is 0 Å². The molecule has 0 fully saturated rings. The van der Waals surface area contributed by atoms with Gasteiger partial charge < -0.3 is 15.0 Å². The van der Waals surface area contributed by atoms with Gasteiger partial charge in [-0.1, -0.05) is 36.4 Å². The number of amides is 1. The normalized spacial score (nSPS) is 11.5. The minimum Gasteiger partial charge on any atom is -0.467 e. The molecule has 33 heavy (non-hydrogen) atoms. The van der Waals surface area contributed by atoms with Gasteiger partial charge in [-0.25, -0.2) is 4.79 Å². The van der Waals surface area contributed by atoms with Crippen LogP contribution in [0.5, 0.6) is 0 Å². The van der Waals surface area contributed by atoms with Gasteiger partial charge in [0.05, 0.1) is 12.8 Å². The van der Waals surface area contributed by atoms with E-state index >= 15 is 0 Å². The van der Waals surface area contributed by atoms with Crippen LogP contribution >= 0.6 is 11.8 Å². The number of nitrogens with one attached hydrogen (secondary N) is 1. The van der Waals surface area contributed by atoms with E-state index in [1.165, 1.54) is 12.0 Å². The van der Waals surface area contributed by atoms with E-state index in [9.17, 15) is 9.59 Å². The quantitative estimate of drug-likeness (QED) is 0.439. The van der Waals surface area contributed by atoms with Crippen molar-refractivity contribution in [3.05, 3.63) is 84.2 Å². The summed E-state index contributed by atoms with van der Waals surface area (Å²) in [7, 11) is 3.02. The molecule has 1 heterocycles. The Kier molecular flexibility index (Phi) is 8.89. The number of benzene rings is 2. The van der Waals surface area contributed by atoms with Gasteiger partial charge in [0, 0.05) is 31.5 Å². The average Bonchev–Trinajstić information content (AvgIpc) is 2.87. The summed E-state index contributed by atoms with van der Waals surface area (Å²) in [6.07, 6.45) is 6.01. The van der Waals surface area contributed by atoms with Crippen LogP contribution in [0.3, 0.4) is 0 Å². The molecule has 172 valence electrons. The van der Waals surface area contributed by atoms with Crippen molar-refractivity contribution < 1.29 is 14.3 Å². The van der Waals surface area contributed by atoms with Gasteiger partial charge >= 0.3 is 5.97 Å². The second kappa shape index (κ2) is 12.1. The monoisotopic (exact) mass is 463 g/mol. The van der Waals surface area contributed by atoms with Crippen LogP contribution in [0.15, 0.2) is 73.1 Å². The molecule has 0 aliphatic rings. The van der Waals surface area contributed by atoms with Crippen molar-refractivity contribution in [3.63, 3.8) is 0 Å². The van der Waals surface area contributed by atoms with Crippen LogP contribution in [0, 0.1) is 0 Å². The Hall–Kier alpha value is -3.32. The van der Waals surface area contributed by atoms with Crippen molar-refractivity contribution >= 4 is 29.3 Å². The molecule has 0 bridgehead atoms. The van der Waals surface area contributed by atoms with E-state index in [0.717, 1.165) is 28.1 Å². The Labute approximate surface area is 199 Å². The van der Waals surface area contributed by atoms with E-state index in [0.29, 0.717) is 18.5 Å². The Morgan fingerprint density at radius 2 is 1.91 bits per heavy atom. The molecule has 0 spiro atoms. The zero-order chi connectivity index (χ0) is 23.6. The first kappa shape index (κ1) is 24.3. The standard InChI is InChI=1S/C26H29N3O3S/c1-29(24(13-15-33-3)26(31)32-2)25(30)22-12-11-19(17-28-21-10-7-14-27-18-21)16-23(22)20-8-5-4-6-9-20/h4-12,14,16,18,24,28H,13,15,17H2,1-3H3. The van der Waals surface area contributed by atoms with Crippen LogP contribution in [-0.2, 0) is 16.1 Å². The second-order valence-electron chi connectivity index (χ2n) is 7.58. The zero-order valence-electron chi connectivity index (χ0n) is 19.2. The highest BCUT2D eigenvalue weighted by molar-refractivity contribution is 7.98. The molecule has 0 saturated carbocycles. The lowest BCUT2D eigenvalue weighted by Gasteiger charge is -2.27. The number of nitrogens with zero attached hydrogens (tertiary/aromatic N) is 2. The van der Waals surface area contributed by atoms with Crippen LogP contribution in [0.4, 0.5) is 5.69 Å². The van der Waals surface area contributed by atoms with Gasteiger partial charge in [-0.3, -0.25) is 9.78 Å². The number of esters is 1. The Morgan fingerprint density at radius 3 is 2.58 bits per heavy atom. The summed E-state index contributed by atoms with van der Waals surface area (Å²) in [6, 6.07) is 18.8. The predicted octanol–water partition coefficient (Wildman–Crippen LogP) is 4.73. The molecular weight excluding hydrogens is 434 g/mol. The molecule has 1 atom stereocenters. The van der Waals surface area contributed by atoms with Gasteiger partial charge in [-0.2, -0.15) is 11.8 Å². The van der Waals surface area contributed by atoms with Crippen LogP contribution in [-0.4, -0.2) is 54.0 Å². The fourth-order valence-electron chi connectivity index (χ4n) is 3.58. The van der Waals surface area contributed by atoms with Crippen molar-refractivity contribution in [2.75, 3.05) is 31.5 Å². The lowest BCUT2D eigenvalue weighted by atomic mass is 9.96. The van der Waals surface area contributed by atoms with E-state index in [1.807, 2.05) is 66.9 Å². The summed E-state index contributed by atoms with van der Waals surface area (Å²) in [6.45, 7) is 0.592. The predicted molar refractivity (Wildman–Crippen MR) is 134 cm³/mol. The van der Waals surface area contributed by atoms with Crippen molar-refractivity contribution in [1.29, 1.82) is 0 Å². The fraction of sp³-hybridized carbons (Fsp3) is 0.269. The number of aromatic nitrogens is 1. The molecule has 1 amide bonds. The van der Waals surface area contributed by atoms with E-state index in [2.05, 4.69) is 10.3 Å². The van der Waals surface area contributed by atoms with Gasteiger partial charge in [0.2, 0.25) is 0 Å². The lowest BCUT2D eigenvalue weighted by Crippen LogP contribution is -2.43. The molecule has 1 aromatic heterocycles. The number of hydrogen-bond donors (Lipinski definition) is 1. The third-order valence-electron chi connectivity index (χ3n) is 5.41. The number of hydrogen-bond acceptors (Lipinski definition) is 6. The SMILES string of the molecule is COC(=O)C(CCSC)N(C)C(=O)c1ccc(CNc2cccnc2)cc1-c1ccccc1. The average molecular weight is 464 g/mol. The van der Waals surface area contributed by atoms with E-state index < -0.39 is 12.0 Å². The first-order valence-corrected chi connectivity index (χ1v) is 12.1. The number of likely N-dealkylation sites (N-methyl/N-ethyl adjacent to an activating group) is 1. The third-order valence-corrected chi connectivity index (χ3v) is 6.06. The molecule has 7 heteroatoms. The van der Waals surface area contributed by atoms with Gasteiger partial charge in [-0.05, 0) is 59.4 Å². The molecule has 1 unspecified atom stereocenters. The zero-order valence-corrected chi connectivity index (χ0v) is 20.0. The molecule has 0 aliphatic carbocycles. The third kappa shape index (κ3) is 6.35. The van der Waals surface area contributed by atoms with Crippen molar-refractivity contribution in [1.82, 2.24) is 9.88 Å². The van der Waals surface area contributed by atoms with E-state index in [-0.39, 0.29) is 5.91 Å². The van der Waals surface area contributed by atoms with Crippen LogP contribution in [0.2, 0.25) is 0 Å². The number of methoxy groups -OCH3 is 1. The number of ether oxygens (including phenoxy) is 1. The van der Waals surface area contributed by atoms with Crippen LogP contribution in [0.25, 0.3) is 11.1 Å². The van der Waals surface area contributed by atoms with Crippen LogP contribution < -0.4 is 5.32 Å². The summed E-state index contributed by atoms with van der Waals surface area (Å²) in [4.78, 5) is 31.6. The number of thioether (sulfide) groups is 1. The maximum Gasteiger partial charge on any atom is 0.328 e. The Bertz CT molecular complexity index is 1060. The molecule has 3 rings (SSSR count). The van der Waals surface area contributed by atoms with Gasteiger partial charge in [0.25, 0.3) is 5.91 Å². The number of anilines is 1. The van der Waals surface area contributed by atoms with Gasteiger partial charge in [0.1, 0.15) is 6.04 Å². The lowest BCUT2D eigenvalue weighted by molar-refractivity contribution is -0.145. The summed E-state index contributed by atoms with van der Waals surface area (Å²) in [5, 5.41) is 3.35. The molecule has 0 radical (unpaired) electrons. The van der Waals surface area contributed by atoms with Crippen molar-refractivity contribution in [2.45, 2.75) is 19.0 Å². The number of carbonyl (C=O) groups is 2. The van der Waals surface area contributed by atoms with Crippen molar-refractivity contribution in [3.8, 4) is 11.1 Å². The minimum absolute atomic E-state index is 0.211. The summed E-state index contributed by atoms with van der Waals surface area (Å²) in [5.74, 6) is 0.137. The maximum absolute atomic E-state index is 13.5. The van der Waals surface area contributed by atoms with E-state index in [1.54, 1.807) is 31.2 Å². The van der Waals surface area contributed by atoms with Crippen molar-refractivity contribution in [2.24, 2.45) is 0 Å². The molecule has 1 N–H and O–H groups in total. The highest BCUT2D eigenvalue weighted by Crippen LogP contribution is 2.27. The van der Waals surface area contributed by atoms with E-state index in [4.69, 9.17) is 4.74 Å². The molecule has 3 aromatic rings. The maximum atomic E-state index is 13.5. The van der Waals surface area contributed by atoms with Gasteiger partial charge in [0.15, 0.2) is 0 Å².